The summed E-state index contributed by atoms with van der Waals surface area (Å²) in [5.41, 5.74) is 3.65. The third kappa shape index (κ3) is 4.51. The average Bonchev–Trinajstić information content (AvgIpc) is 3.21. The van der Waals surface area contributed by atoms with Gasteiger partial charge in [0.05, 0.1) is 5.92 Å². The molecule has 1 saturated carbocycles. The van der Waals surface area contributed by atoms with Gasteiger partial charge in [-0.15, -0.1) is 0 Å². The van der Waals surface area contributed by atoms with Crippen LogP contribution in [0, 0.1) is 5.92 Å². The first-order chi connectivity index (χ1) is 17.0. The van der Waals surface area contributed by atoms with E-state index in [2.05, 4.69) is 29.6 Å². The van der Waals surface area contributed by atoms with Gasteiger partial charge in [0.1, 0.15) is 12.1 Å². The Bertz CT molecular complexity index is 1070. The van der Waals surface area contributed by atoms with Gasteiger partial charge in [0, 0.05) is 19.0 Å². The van der Waals surface area contributed by atoms with Gasteiger partial charge in [-0.2, -0.15) is 0 Å². The first-order valence-electron chi connectivity index (χ1n) is 12.6. The Morgan fingerprint density at radius 1 is 0.914 bits per heavy atom. The highest BCUT2D eigenvalue weighted by molar-refractivity contribution is 5.90. The molecule has 1 aliphatic heterocycles. The number of hydrogen-bond donors (Lipinski definition) is 2. The number of ether oxygens (including phenoxy) is 1. The standard InChI is InChI=1S/C28H32N2O5/c31-25(32)19-12-16-30(17-13-19)26(33)28(14-6-1-7-15-28)29-27(34)35-18-24-22-10-4-2-8-20(22)21-9-3-5-11-23(21)24/h2-5,8-11,19,24H,1,6-7,12-18H2,(H,29,34)(H,31,32). The van der Waals surface area contributed by atoms with E-state index in [4.69, 9.17) is 4.74 Å². The number of nitrogens with one attached hydrogen (secondary N) is 1. The third-order valence-electron chi connectivity index (χ3n) is 7.93. The molecule has 2 fully saturated rings. The first-order valence-corrected chi connectivity index (χ1v) is 12.6. The molecular formula is C28H32N2O5. The number of carboxylic acids is 1. The molecule has 0 atom stereocenters. The Hall–Kier alpha value is -3.35. The van der Waals surface area contributed by atoms with Gasteiger partial charge in [-0.1, -0.05) is 67.8 Å². The SMILES string of the molecule is O=C(NC1(C(=O)N2CCC(C(=O)O)CC2)CCCCC1)OCC1c2ccccc2-c2ccccc21. The Morgan fingerprint density at radius 3 is 2.06 bits per heavy atom. The van der Waals surface area contributed by atoms with Gasteiger partial charge < -0.3 is 20.1 Å². The van der Waals surface area contributed by atoms with Crippen molar-refractivity contribution in [1.82, 2.24) is 10.2 Å². The second-order valence-corrected chi connectivity index (χ2v) is 10.00. The van der Waals surface area contributed by atoms with E-state index in [0.717, 1.165) is 30.4 Å². The molecule has 7 heteroatoms. The van der Waals surface area contributed by atoms with E-state index in [1.165, 1.54) is 11.1 Å². The molecule has 1 heterocycles. The molecule has 0 bridgehead atoms. The fourth-order valence-electron chi connectivity index (χ4n) is 6.01. The van der Waals surface area contributed by atoms with Gasteiger partial charge in [0.2, 0.25) is 5.91 Å². The van der Waals surface area contributed by atoms with E-state index < -0.39 is 23.5 Å². The lowest BCUT2D eigenvalue weighted by Crippen LogP contribution is -2.61. The van der Waals surface area contributed by atoms with Crippen LogP contribution in [0.4, 0.5) is 4.79 Å². The summed E-state index contributed by atoms with van der Waals surface area (Å²) in [6.07, 6.45) is 4.24. The topological polar surface area (TPSA) is 95.9 Å². The van der Waals surface area contributed by atoms with Crippen molar-refractivity contribution in [2.45, 2.75) is 56.4 Å². The maximum absolute atomic E-state index is 13.6. The predicted molar refractivity (Wildman–Crippen MR) is 131 cm³/mol. The van der Waals surface area contributed by atoms with Crippen LogP contribution < -0.4 is 5.32 Å². The van der Waals surface area contributed by atoms with Gasteiger partial charge in [-0.25, -0.2) is 4.79 Å². The zero-order chi connectivity index (χ0) is 24.4. The molecule has 0 radical (unpaired) electrons. The monoisotopic (exact) mass is 476 g/mol. The number of likely N-dealkylation sites (tertiary alicyclic amines) is 1. The van der Waals surface area contributed by atoms with Crippen molar-refractivity contribution in [3.63, 3.8) is 0 Å². The van der Waals surface area contributed by atoms with Crippen LogP contribution in [-0.4, -0.2) is 53.2 Å². The third-order valence-corrected chi connectivity index (χ3v) is 7.93. The normalized spacial score (nSPS) is 19.5. The fourth-order valence-corrected chi connectivity index (χ4v) is 6.01. The Morgan fingerprint density at radius 2 is 1.49 bits per heavy atom. The number of piperidine rings is 1. The van der Waals surface area contributed by atoms with Crippen LogP contribution in [0.2, 0.25) is 0 Å². The molecule has 1 saturated heterocycles. The lowest BCUT2D eigenvalue weighted by Gasteiger charge is -2.41. The van der Waals surface area contributed by atoms with Crippen molar-refractivity contribution in [3.8, 4) is 11.1 Å². The van der Waals surface area contributed by atoms with Crippen LogP contribution in [0.5, 0.6) is 0 Å². The molecule has 2 amide bonds. The predicted octanol–water partition coefficient (Wildman–Crippen LogP) is 4.55. The highest BCUT2D eigenvalue weighted by Gasteiger charge is 2.45. The van der Waals surface area contributed by atoms with Gasteiger partial charge in [-0.3, -0.25) is 9.59 Å². The number of hydrogen-bond acceptors (Lipinski definition) is 4. The van der Waals surface area contributed by atoms with Gasteiger partial charge in [0.25, 0.3) is 0 Å². The van der Waals surface area contributed by atoms with Crippen molar-refractivity contribution in [1.29, 1.82) is 0 Å². The first kappa shape index (κ1) is 23.4. The van der Waals surface area contributed by atoms with Crippen molar-refractivity contribution in [2.75, 3.05) is 19.7 Å². The van der Waals surface area contributed by atoms with Crippen LogP contribution in [0.25, 0.3) is 11.1 Å². The number of rotatable bonds is 5. The number of carboxylic acid groups (broad SMARTS) is 1. The van der Waals surface area contributed by atoms with Gasteiger partial charge in [0.15, 0.2) is 0 Å². The molecule has 0 unspecified atom stereocenters. The number of nitrogens with zero attached hydrogens (tertiary/aromatic N) is 1. The molecule has 2 N–H and O–H groups in total. The van der Waals surface area contributed by atoms with E-state index in [1.54, 1.807) is 4.90 Å². The fraction of sp³-hybridized carbons (Fsp3) is 0.464. The number of benzene rings is 2. The largest absolute Gasteiger partial charge is 0.481 e. The molecular weight excluding hydrogens is 444 g/mol. The molecule has 2 aromatic rings. The van der Waals surface area contributed by atoms with Gasteiger partial charge in [-0.05, 0) is 47.9 Å². The maximum atomic E-state index is 13.6. The summed E-state index contributed by atoms with van der Waals surface area (Å²) in [4.78, 5) is 39.7. The number of fused-ring (bicyclic) bond motifs is 3. The number of carbonyl (C=O) groups is 3. The summed E-state index contributed by atoms with van der Waals surface area (Å²) in [7, 11) is 0. The highest BCUT2D eigenvalue weighted by atomic mass is 16.5. The van der Waals surface area contributed by atoms with E-state index >= 15 is 0 Å². The summed E-state index contributed by atoms with van der Waals surface area (Å²) in [5, 5.41) is 12.2. The Kier molecular flexibility index (Phi) is 6.50. The second kappa shape index (κ2) is 9.72. The van der Waals surface area contributed by atoms with Crippen molar-refractivity contribution in [2.24, 2.45) is 5.92 Å². The number of aliphatic carboxylic acids is 1. The molecule has 7 nitrogen and oxygen atoms in total. The van der Waals surface area contributed by atoms with Crippen molar-refractivity contribution >= 4 is 18.0 Å². The summed E-state index contributed by atoms with van der Waals surface area (Å²) < 4.78 is 5.75. The van der Waals surface area contributed by atoms with Gasteiger partial charge >= 0.3 is 12.1 Å². The van der Waals surface area contributed by atoms with Crippen LogP contribution in [0.3, 0.4) is 0 Å². The molecule has 0 spiro atoms. The number of carbonyl (C=O) groups excluding carboxylic acids is 2. The van der Waals surface area contributed by atoms with E-state index in [0.29, 0.717) is 38.8 Å². The minimum atomic E-state index is -0.975. The summed E-state index contributed by atoms with van der Waals surface area (Å²) >= 11 is 0. The molecule has 2 aromatic carbocycles. The quantitative estimate of drug-likeness (QED) is 0.660. The molecule has 3 aliphatic rings. The summed E-state index contributed by atoms with van der Waals surface area (Å²) in [6, 6.07) is 16.4. The maximum Gasteiger partial charge on any atom is 0.408 e. The molecule has 5 rings (SSSR count). The zero-order valence-corrected chi connectivity index (χ0v) is 19.9. The van der Waals surface area contributed by atoms with E-state index in [-0.39, 0.29) is 18.4 Å². The lowest BCUT2D eigenvalue weighted by molar-refractivity contribution is -0.148. The average molecular weight is 477 g/mol. The molecule has 2 aliphatic carbocycles. The molecule has 184 valence electrons. The smallest absolute Gasteiger partial charge is 0.408 e. The lowest BCUT2D eigenvalue weighted by atomic mass is 9.80. The van der Waals surface area contributed by atoms with E-state index in [9.17, 15) is 19.5 Å². The van der Waals surface area contributed by atoms with Crippen molar-refractivity contribution in [3.05, 3.63) is 59.7 Å². The highest BCUT2D eigenvalue weighted by Crippen LogP contribution is 2.44. The summed E-state index contributed by atoms with van der Waals surface area (Å²) in [5.74, 6) is -1.35. The number of amides is 2. The second-order valence-electron chi connectivity index (χ2n) is 10.00. The van der Waals surface area contributed by atoms with Crippen LogP contribution in [0.15, 0.2) is 48.5 Å². The minimum absolute atomic E-state index is 0.0406. The zero-order valence-electron chi connectivity index (χ0n) is 19.9. The molecule has 0 aromatic heterocycles. The van der Waals surface area contributed by atoms with Crippen LogP contribution >= 0.6 is 0 Å². The Balaban J connectivity index is 1.27. The molecule has 35 heavy (non-hydrogen) atoms. The van der Waals surface area contributed by atoms with E-state index in [1.807, 2.05) is 24.3 Å². The van der Waals surface area contributed by atoms with Crippen molar-refractivity contribution < 1.29 is 24.2 Å². The minimum Gasteiger partial charge on any atom is -0.481 e. The Labute approximate surface area is 205 Å². The van der Waals surface area contributed by atoms with Crippen LogP contribution in [-0.2, 0) is 14.3 Å². The summed E-state index contributed by atoms with van der Waals surface area (Å²) in [6.45, 7) is 1.02. The number of alkyl carbamates (subject to hydrolysis) is 1. The van der Waals surface area contributed by atoms with Crippen LogP contribution in [0.1, 0.15) is 62.0 Å².